The Morgan fingerprint density at radius 1 is 1.26 bits per heavy atom. The van der Waals surface area contributed by atoms with Crippen LogP contribution in [0.5, 0.6) is 0 Å². The van der Waals surface area contributed by atoms with Crippen LogP contribution in [0.25, 0.3) is 10.9 Å². The summed E-state index contributed by atoms with van der Waals surface area (Å²) in [7, 11) is 0. The molecular weight excluding hydrogens is 296 g/mol. The number of benzene rings is 1. The Labute approximate surface area is 134 Å². The van der Waals surface area contributed by atoms with Gasteiger partial charge in [0.25, 0.3) is 0 Å². The monoisotopic (exact) mass is 316 g/mol. The minimum absolute atomic E-state index is 0.150. The molecule has 0 fully saturated rings. The molecule has 1 amide bonds. The molecule has 0 unspecified atom stereocenters. The number of aromatic nitrogens is 1. The van der Waals surface area contributed by atoms with Crippen molar-refractivity contribution in [1.82, 2.24) is 10.3 Å². The van der Waals surface area contributed by atoms with Gasteiger partial charge in [-0.25, -0.2) is 9.59 Å². The van der Waals surface area contributed by atoms with Gasteiger partial charge in [0.15, 0.2) is 0 Å². The number of amides is 1. The predicted octanol–water partition coefficient (Wildman–Crippen LogP) is 2.76. The Hall–Kier alpha value is -2.63. The zero-order valence-corrected chi connectivity index (χ0v) is 13.4. The first-order valence-corrected chi connectivity index (χ1v) is 7.31. The van der Waals surface area contributed by atoms with E-state index in [-0.39, 0.29) is 6.42 Å². The number of carbonyl (C=O) groups excluding carboxylic acids is 1. The first-order valence-electron chi connectivity index (χ1n) is 7.31. The zero-order chi connectivity index (χ0) is 17.0. The quantitative estimate of drug-likeness (QED) is 0.905. The molecular formula is C17H20N2O4. The molecule has 0 aliphatic rings. The normalized spacial score (nSPS) is 12.7. The number of hydrogen-bond acceptors (Lipinski definition) is 4. The van der Waals surface area contributed by atoms with E-state index in [9.17, 15) is 14.7 Å². The number of aliphatic carboxylic acids is 1. The van der Waals surface area contributed by atoms with Crippen LogP contribution < -0.4 is 5.32 Å². The molecule has 2 rings (SSSR count). The van der Waals surface area contributed by atoms with Gasteiger partial charge in [-0.2, -0.15) is 0 Å². The lowest BCUT2D eigenvalue weighted by Gasteiger charge is -2.22. The van der Waals surface area contributed by atoms with Crippen LogP contribution in [-0.2, 0) is 16.0 Å². The molecule has 0 aliphatic heterocycles. The Morgan fingerprint density at radius 2 is 1.96 bits per heavy atom. The lowest BCUT2D eigenvalue weighted by Crippen LogP contribution is -2.44. The van der Waals surface area contributed by atoms with E-state index < -0.39 is 23.7 Å². The van der Waals surface area contributed by atoms with Gasteiger partial charge in [0.1, 0.15) is 11.6 Å². The summed E-state index contributed by atoms with van der Waals surface area (Å²) in [5, 5.41) is 12.6. The van der Waals surface area contributed by atoms with Crippen molar-refractivity contribution in [2.24, 2.45) is 0 Å². The fourth-order valence-electron chi connectivity index (χ4n) is 2.20. The molecule has 1 aromatic heterocycles. The fourth-order valence-corrected chi connectivity index (χ4v) is 2.20. The second-order valence-electron chi connectivity index (χ2n) is 6.23. The summed E-state index contributed by atoms with van der Waals surface area (Å²) in [6.45, 7) is 5.16. The number of fused-ring (bicyclic) bond motifs is 1. The number of ether oxygens (including phenoxy) is 1. The van der Waals surface area contributed by atoms with E-state index in [1.807, 2.05) is 24.3 Å². The number of para-hydroxylation sites is 1. The third-order valence-electron chi connectivity index (χ3n) is 3.15. The van der Waals surface area contributed by atoms with Crippen molar-refractivity contribution in [3.05, 3.63) is 42.1 Å². The summed E-state index contributed by atoms with van der Waals surface area (Å²) in [4.78, 5) is 27.5. The topological polar surface area (TPSA) is 88.5 Å². The van der Waals surface area contributed by atoms with E-state index in [2.05, 4.69) is 10.3 Å². The molecule has 0 saturated heterocycles. The maximum atomic E-state index is 11.8. The summed E-state index contributed by atoms with van der Waals surface area (Å²) in [6.07, 6.45) is 1.03. The minimum Gasteiger partial charge on any atom is -0.480 e. The van der Waals surface area contributed by atoms with Crippen molar-refractivity contribution in [3.8, 4) is 0 Å². The molecule has 1 heterocycles. The van der Waals surface area contributed by atoms with E-state index >= 15 is 0 Å². The summed E-state index contributed by atoms with van der Waals surface area (Å²) < 4.78 is 5.12. The predicted molar refractivity (Wildman–Crippen MR) is 86.2 cm³/mol. The average molecular weight is 316 g/mol. The number of nitrogens with zero attached hydrogens (tertiary/aromatic N) is 1. The Balaban J connectivity index is 2.19. The Kier molecular flexibility index (Phi) is 4.83. The van der Waals surface area contributed by atoms with Gasteiger partial charge in [-0.1, -0.05) is 18.2 Å². The number of nitrogens with one attached hydrogen (secondary N) is 1. The number of hydrogen-bond donors (Lipinski definition) is 2. The molecule has 0 saturated carbocycles. The minimum atomic E-state index is -1.11. The largest absolute Gasteiger partial charge is 0.480 e. The van der Waals surface area contributed by atoms with E-state index in [1.165, 1.54) is 0 Å². The third kappa shape index (κ3) is 4.67. The van der Waals surface area contributed by atoms with Crippen LogP contribution in [0.2, 0.25) is 0 Å². The van der Waals surface area contributed by atoms with Crippen molar-refractivity contribution >= 4 is 23.0 Å². The molecule has 1 atom stereocenters. The molecule has 23 heavy (non-hydrogen) atoms. The number of alkyl carbamates (subject to hydrolysis) is 1. The molecule has 0 radical (unpaired) electrons. The summed E-state index contributed by atoms with van der Waals surface area (Å²) >= 11 is 0. The molecule has 122 valence electrons. The van der Waals surface area contributed by atoms with Crippen LogP contribution in [-0.4, -0.2) is 33.8 Å². The summed E-state index contributed by atoms with van der Waals surface area (Å²) in [6, 6.07) is 8.16. The number of carboxylic acids is 1. The van der Waals surface area contributed by atoms with Crippen LogP contribution in [0.1, 0.15) is 26.3 Å². The van der Waals surface area contributed by atoms with Gasteiger partial charge in [-0.15, -0.1) is 0 Å². The van der Waals surface area contributed by atoms with Crippen molar-refractivity contribution < 1.29 is 19.4 Å². The van der Waals surface area contributed by atoms with E-state index in [1.54, 1.807) is 33.0 Å². The van der Waals surface area contributed by atoms with Crippen LogP contribution in [0, 0.1) is 0 Å². The second kappa shape index (κ2) is 6.64. The summed E-state index contributed by atoms with van der Waals surface area (Å²) in [5.41, 5.74) is 0.904. The number of pyridine rings is 1. The zero-order valence-electron chi connectivity index (χ0n) is 13.4. The lowest BCUT2D eigenvalue weighted by atomic mass is 10.0. The smallest absolute Gasteiger partial charge is 0.408 e. The molecule has 2 aromatic rings. The van der Waals surface area contributed by atoms with Gasteiger partial charge in [0, 0.05) is 18.0 Å². The van der Waals surface area contributed by atoms with E-state index in [0.717, 1.165) is 16.5 Å². The number of rotatable bonds is 4. The van der Waals surface area contributed by atoms with Crippen LogP contribution >= 0.6 is 0 Å². The number of carbonyl (C=O) groups is 2. The van der Waals surface area contributed by atoms with Gasteiger partial charge in [-0.05, 0) is 38.5 Å². The molecule has 6 heteroatoms. The van der Waals surface area contributed by atoms with Crippen LogP contribution in [0.4, 0.5) is 4.79 Å². The first kappa shape index (κ1) is 16.7. The van der Waals surface area contributed by atoms with Crippen molar-refractivity contribution in [2.45, 2.75) is 38.8 Å². The van der Waals surface area contributed by atoms with E-state index in [0.29, 0.717) is 0 Å². The van der Waals surface area contributed by atoms with Crippen molar-refractivity contribution in [1.29, 1.82) is 0 Å². The Morgan fingerprint density at radius 3 is 2.61 bits per heavy atom. The van der Waals surface area contributed by atoms with Gasteiger partial charge in [0.2, 0.25) is 0 Å². The molecule has 0 aliphatic carbocycles. The fraction of sp³-hybridized carbons (Fsp3) is 0.353. The van der Waals surface area contributed by atoms with Gasteiger partial charge in [0.05, 0.1) is 5.52 Å². The van der Waals surface area contributed by atoms with Gasteiger partial charge in [-0.3, -0.25) is 4.98 Å². The molecule has 6 nitrogen and oxygen atoms in total. The SMILES string of the molecule is CC(C)(C)OC(=O)N[C@@H](Cc1ccnc2ccccc12)C(=O)O. The highest BCUT2D eigenvalue weighted by molar-refractivity contribution is 5.84. The highest BCUT2D eigenvalue weighted by Crippen LogP contribution is 2.18. The molecule has 0 bridgehead atoms. The second-order valence-corrected chi connectivity index (χ2v) is 6.23. The summed E-state index contributed by atoms with van der Waals surface area (Å²) in [5.74, 6) is -1.11. The Bertz CT molecular complexity index is 717. The van der Waals surface area contributed by atoms with E-state index in [4.69, 9.17) is 4.74 Å². The molecule has 0 spiro atoms. The maximum Gasteiger partial charge on any atom is 0.408 e. The third-order valence-corrected chi connectivity index (χ3v) is 3.15. The standard InChI is InChI=1S/C17H20N2O4/c1-17(2,3)23-16(22)19-14(15(20)21)10-11-8-9-18-13-7-5-4-6-12(11)13/h4-9,14H,10H2,1-3H3,(H,19,22)(H,20,21)/t14-/m0/s1. The molecule has 1 aromatic carbocycles. The lowest BCUT2D eigenvalue weighted by molar-refractivity contribution is -0.139. The van der Waals surface area contributed by atoms with Gasteiger partial charge >= 0.3 is 12.1 Å². The van der Waals surface area contributed by atoms with Crippen molar-refractivity contribution in [2.75, 3.05) is 0 Å². The first-order chi connectivity index (χ1) is 10.8. The maximum absolute atomic E-state index is 11.8. The van der Waals surface area contributed by atoms with Crippen LogP contribution in [0.3, 0.4) is 0 Å². The molecule has 2 N–H and O–H groups in total. The van der Waals surface area contributed by atoms with Crippen LogP contribution in [0.15, 0.2) is 36.5 Å². The van der Waals surface area contributed by atoms with Gasteiger partial charge < -0.3 is 15.2 Å². The number of carboxylic acid groups (broad SMARTS) is 1. The highest BCUT2D eigenvalue weighted by atomic mass is 16.6. The average Bonchev–Trinajstić information content (AvgIpc) is 2.44. The highest BCUT2D eigenvalue weighted by Gasteiger charge is 2.24. The van der Waals surface area contributed by atoms with Crippen molar-refractivity contribution in [3.63, 3.8) is 0 Å².